The summed E-state index contributed by atoms with van der Waals surface area (Å²) >= 11 is 0. The van der Waals surface area contributed by atoms with E-state index in [1.54, 1.807) is 60.9 Å². The van der Waals surface area contributed by atoms with Gasteiger partial charge in [-0.1, -0.05) is 84.9 Å². The number of aliphatic hydroxyl groups is 1. The van der Waals surface area contributed by atoms with Crippen LogP contribution in [0.5, 0.6) is 0 Å². The number of hydrogen-bond donors (Lipinski definition) is 17. The van der Waals surface area contributed by atoms with E-state index >= 15 is 0 Å². The highest BCUT2D eigenvalue weighted by atomic mass is 16.5. The zero-order chi connectivity index (χ0) is 76.1. The molecule has 0 radical (unpaired) electrons. The third kappa shape index (κ3) is 20.5. The van der Waals surface area contributed by atoms with Crippen LogP contribution in [0.4, 0.5) is 4.79 Å². The SMILES string of the molecule is NCCCC[C@H](NC(=O)[C@H](Cc1c[nH]c2ccccc12)NC(=O)[C@H](CC(=O)O)NC(=O)[C@H](CCCCNC(=O)OCC1c2ccccc2-c2ccccc21)NC(=O)[C@H](CO)NC(=O)[C@H](Cc1c[nH]c2ccccc12)NC(=O)[C@H](Cc1c[nH]cn1)NC(=O)[C@@H]1CCC(=O)N1)C(=O)N1CCC[C@H]1C(=O)NCC(N)=O. The second-order valence-corrected chi connectivity index (χ2v) is 26.7. The van der Waals surface area contributed by atoms with Crippen molar-refractivity contribution in [2.24, 2.45) is 11.5 Å². The Morgan fingerprint density at radius 2 is 1.12 bits per heavy atom. The number of rotatable bonds is 38. The predicted octanol–water partition coefficient (Wildman–Crippen LogP) is -0.0301. The zero-order valence-electron chi connectivity index (χ0n) is 58.6. The van der Waals surface area contributed by atoms with E-state index < -0.39 is 145 Å². The number of aromatic amines is 3. The number of nitrogens with two attached hydrogens (primary N) is 2. The minimum atomic E-state index is -2.00. The summed E-state index contributed by atoms with van der Waals surface area (Å²) in [7, 11) is 0. The number of H-pyrrole nitrogens is 3. The molecule has 12 amide bonds. The topological polar surface area (TPSA) is 507 Å². The molecule has 4 aromatic carbocycles. The van der Waals surface area contributed by atoms with Crippen molar-refractivity contribution in [3.63, 3.8) is 0 Å². The summed E-state index contributed by atoms with van der Waals surface area (Å²) in [5, 5.41) is 48.5. The number of ether oxygens (including phenoxy) is 1. The van der Waals surface area contributed by atoms with Crippen molar-refractivity contribution >= 4 is 98.8 Å². The normalized spacial score (nSPS) is 16.4. The first kappa shape index (κ1) is 77.6. The maximum absolute atomic E-state index is 14.9. The number of imidazole rings is 1. The van der Waals surface area contributed by atoms with Crippen LogP contribution >= 0.6 is 0 Å². The molecule has 107 heavy (non-hydrogen) atoms. The molecule has 7 aromatic rings. The molecule has 2 fully saturated rings. The van der Waals surface area contributed by atoms with E-state index in [2.05, 4.69) is 73.1 Å². The fourth-order valence-electron chi connectivity index (χ4n) is 13.7. The molecule has 0 unspecified atom stereocenters. The van der Waals surface area contributed by atoms with Crippen molar-refractivity contribution in [2.45, 2.75) is 150 Å². The molecular weight excluding hydrogens is 1380 g/mol. The number of carboxylic acid groups (broad SMARTS) is 1. The Balaban J connectivity index is 0.882. The summed E-state index contributed by atoms with van der Waals surface area (Å²) < 4.78 is 5.72. The number of unbranched alkanes of at least 4 members (excludes halogenated alkanes) is 2. The van der Waals surface area contributed by atoms with E-state index in [-0.39, 0.29) is 102 Å². The van der Waals surface area contributed by atoms with E-state index in [4.69, 9.17) is 16.2 Å². The number of fused-ring (bicyclic) bond motifs is 5. The van der Waals surface area contributed by atoms with Gasteiger partial charge >= 0.3 is 12.1 Å². The number of para-hydroxylation sites is 2. The smallest absolute Gasteiger partial charge is 0.407 e. The van der Waals surface area contributed by atoms with Crippen molar-refractivity contribution in [2.75, 3.05) is 39.4 Å². The number of aromatic nitrogens is 4. The number of carboxylic acids is 1. The van der Waals surface area contributed by atoms with Crippen LogP contribution in [0.1, 0.15) is 104 Å². The van der Waals surface area contributed by atoms with Crippen LogP contribution in [0, 0.1) is 0 Å². The molecule has 0 spiro atoms. The Kier molecular flexibility index (Phi) is 26.9. The van der Waals surface area contributed by atoms with E-state index in [0.29, 0.717) is 57.9 Å². The van der Waals surface area contributed by atoms with E-state index in [9.17, 15) is 72.5 Å². The number of aliphatic carboxylic acids is 1. The Labute approximate surface area is 613 Å². The van der Waals surface area contributed by atoms with Gasteiger partial charge in [0.05, 0.1) is 31.6 Å². The van der Waals surface area contributed by atoms with E-state index in [1.807, 2.05) is 48.5 Å². The summed E-state index contributed by atoms with van der Waals surface area (Å²) in [5.41, 5.74) is 17.9. The third-order valence-electron chi connectivity index (χ3n) is 19.2. The van der Waals surface area contributed by atoms with Gasteiger partial charge in [-0.25, -0.2) is 9.78 Å². The Morgan fingerprint density at radius 1 is 0.589 bits per heavy atom. The Bertz CT molecular complexity index is 4340. The van der Waals surface area contributed by atoms with Crippen LogP contribution in [0.15, 0.2) is 122 Å². The van der Waals surface area contributed by atoms with Crippen molar-refractivity contribution in [3.8, 4) is 11.1 Å². The summed E-state index contributed by atoms with van der Waals surface area (Å²) in [6.45, 7) is -1.25. The summed E-state index contributed by atoms with van der Waals surface area (Å²) in [4.78, 5) is 194. The number of alkyl carbamates (subject to hydrolysis) is 1. The first-order valence-electron chi connectivity index (χ1n) is 35.6. The van der Waals surface area contributed by atoms with E-state index in [1.165, 1.54) is 17.4 Å². The molecular formula is C74H89N17O16. The number of amides is 12. The second-order valence-electron chi connectivity index (χ2n) is 26.7. The summed E-state index contributed by atoms with van der Waals surface area (Å²) in [6, 6.07) is 16.3. The average Bonchev–Trinajstić information content (AvgIpc) is 1.61. The zero-order valence-corrected chi connectivity index (χ0v) is 58.6. The van der Waals surface area contributed by atoms with Crippen molar-refractivity contribution < 1.29 is 77.3 Å². The van der Waals surface area contributed by atoms with Gasteiger partial charge in [-0.2, -0.15) is 0 Å². The third-order valence-corrected chi connectivity index (χ3v) is 19.2. The molecule has 2 aliphatic heterocycles. The maximum Gasteiger partial charge on any atom is 0.407 e. The maximum atomic E-state index is 14.9. The van der Waals surface area contributed by atoms with Gasteiger partial charge in [0.2, 0.25) is 65.0 Å². The molecule has 10 rings (SSSR count). The second kappa shape index (κ2) is 37.1. The molecule has 0 bridgehead atoms. The van der Waals surface area contributed by atoms with Gasteiger partial charge in [-0.05, 0) is 110 Å². The first-order valence-corrected chi connectivity index (χ1v) is 35.6. The molecule has 3 aliphatic rings. The van der Waals surface area contributed by atoms with Crippen LogP contribution in [0.2, 0.25) is 0 Å². The van der Waals surface area contributed by atoms with Crippen LogP contribution in [0.25, 0.3) is 32.9 Å². The van der Waals surface area contributed by atoms with Gasteiger partial charge in [-0.3, -0.25) is 57.5 Å². The van der Waals surface area contributed by atoms with Crippen molar-refractivity contribution in [3.05, 3.63) is 150 Å². The number of nitrogens with zero attached hydrogens (tertiary/aromatic N) is 2. The standard InChI is InChI=1S/C74H89N17O16/c75-27-11-9-23-55(73(105)91-29-13-24-61(91)72(104)81-37-62(76)93)85-67(99)56(30-41-34-79-51-20-7-5-14-44(41)51)87-70(102)59(33-64(95)96)89-65(97)53(22-10-12-28-78-74(106)107-39-50-48-18-3-1-16-46(48)47-17-2-4-19-49(47)50)84-71(103)60(38-92)90-68(100)57(31-42-35-80-52-21-8-6-15-45(42)52)86-69(101)58(32-43-36-77-40-82-43)88-66(98)54-25-26-63(94)83-54/h1-8,14-21,34-36,40,50,53-61,79-80,92H,9-13,22-33,37-39,75H2,(H2,76,93)(H,77,82)(H,78,106)(H,81,104)(H,83,94)(H,84,103)(H,85,99)(H,86,101)(H,87,102)(H,88,98)(H,89,97)(H,90,100)(H,95,96)/t53-,54-,55-,56-,57-,58-,59-,60-,61-/m0/s1. The fraction of sp³-hybridized carbons (Fsp3) is 0.405. The lowest BCUT2D eigenvalue weighted by Gasteiger charge is -2.30. The Morgan fingerprint density at radius 3 is 1.70 bits per heavy atom. The number of nitrogens with one attached hydrogen (secondary N) is 13. The number of hydrogen-bond acceptors (Lipinski definition) is 17. The summed E-state index contributed by atoms with van der Waals surface area (Å²) in [6.07, 6.45) is 5.08. The molecule has 33 nitrogen and oxygen atoms in total. The van der Waals surface area contributed by atoms with E-state index in [0.717, 1.165) is 22.3 Å². The van der Waals surface area contributed by atoms with Gasteiger partial charge in [0.1, 0.15) is 61.0 Å². The van der Waals surface area contributed by atoms with Crippen LogP contribution < -0.4 is 64.6 Å². The highest BCUT2D eigenvalue weighted by Gasteiger charge is 2.41. The minimum Gasteiger partial charge on any atom is -0.481 e. The van der Waals surface area contributed by atoms with Gasteiger partial charge in [0, 0.05) is 85.1 Å². The number of likely N-dealkylation sites (tertiary alicyclic amines) is 1. The van der Waals surface area contributed by atoms with Crippen LogP contribution in [0.3, 0.4) is 0 Å². The number of aliphatic hydroxyl groups excluding tert-OH is 1. The van der Waals surface area contributed by atoms with Gasteiger partial charge in [0.15, 0.2) is 0 Å². The number of carbonyl (C=O) groups is 13. The van der Waals surface area contributed by atoms with Gasteiger partial charge < -0.3 is 99.4 Å². The molecule has 3 aromatic heterocycles. The number of carbonyl (C=O) groups excluding carboxylic acids is 12. The molecule has 2 saturated heterocycles. The molecule has 0 saturated carbocycles. The molecule has 5 heterocycles. The molecule has 1 aliphatic carbocycles. The lowest BCUT2D eigenvalue weighted by atomic mass is 9.98. The highest BCUT2D eigenvalue weighted by molar-refractivity contribution is 6.01. The molecule has 19 N–H and O–H groups in total. The van der Waals surface area contributed by atoms with Gasteiger partial charge in [0.25, 0.3) is 0 Å². The van der Waals surface area contributed by atoms with Crippen molar-refractivity contribution in [1.29, 1.82) is 0 Å². The predicted molar refractivity (Wildman–Crippen MR) is 387 cm³/mol. The average molecular weight is 1470 g/mol. The highest BCUT2D eigenvalue weighted by Crippen LogP contribution is 2.44. The summed E-state index contributed by atoms with van der Waals surface area (Å²) in [5.74, 6) is -11.3. The first-order chi connectivity index (χ1) is 51.7. The van der Waals surface area contributed by atoms with Crippen LogP contribution in [-0.4, -0.2) is 206 Å². The van der Waals surface area contributed by atoms with Gasteiger partial charge in [-0.15, -0.1) is 0 Å². The number of benzene rings is 4. The number of primary amides is 1. The van der Waals surface area contributed by atoms with Crippen molar-refractivity contribution in [1.82, 2.24) is 78.0 Å². The quantitative estimate of drug-likeness (QED) is 0.0226. The molecule has 566 valence electrons. The fourth-order valence-corrected chi connectivity index (χ4v) is 13.7. The largest absolute Gasteiger partial charge is 0.481 e. The lowest BCUT2D eigenvalue weighted by Crippen LogP contribution is -2.61. The monoisotopic (exact) mass is 1470 g/mol. The lowest BCUT2D eigenvalue weighted by molar-refractivity contribution is -0.143. The molecule has 33 heteroatoms. The molecule has 9 atom stereocenters. The Hall–Kier alpha value is -12.0. The van der Waals surface area contributed by atoms with Crippen LogP contribution in [-0.2, 0) is 81.5 Å². The minimum absolute atomic E-state index is 0.0109.